The van der Waals surface area contributed by atoms with Crippen molar-refractivity contribution in [2.24, 2.45) is 56.7 Å². The molecule has 8 unspecified atom stereocenters. The maximum Gasteiger partial charge on any atom is 0.307 e. The molecule has 1 aromatic rings. The average Bonchev–Trinajstić information content (AvgIpc) is 3.50. The second-order valence-electron chi connectivity index (χ2n) is 19.0. The molecule has 5 aliphatic rings. The van der Waals surface area contributed by atoms with Gasteiger partial charge in [0.15, 0.2) is 5.78 Å². The highest BCUT2D eigenvalue weighted by molar-refractivity contribution is 6.30. The van der Waals surface area contributed by atoms with Gasteiger partial charge in [0.1, 0.15) is 12.4 Å². The molecule has 0 radical (unpaired) electrons. The summed E-state index contributed by atoms with van der Waals surface area (Å²) < 4.78 is 6.21. The van der Waals surface area contributed by atoms with Gasteiger partial charge in [0.25, 0.3) is 0 Å². The van der Waals surface area contributed by atoms with Crippen LogP contribution in [0.3, 0.4) is 0 Å². The first-order valence-corrected chi connectivity index (χ1v) is 22.0. The number of aliphatic hydroxyl groups excluding tert-OH is 1. The minimum Gasteiger partial charge on any atom is -0.462 e. The normalized spacial score (nSPS) is 32.0. The molecule has 1 aromatic carbocycles. The molecule has 0 amide bonds. The van der Waals surface area contributed by atoms with Gasteiger partial charge in [-0.3, -0.25) is 9.59 Å². The number of aldehydes is 1. The molecule has 0 aliphatic heterocycles. The van der Waals surface area contributed by atoms with Gasteiger partial charge in [0, 0.05) is 41.3 Å². The van der Waals surface area contributed by atoms with Crippen LogP contribution in [0.5, 0.6) is 0 Å². The van der Waals surface area contributed by atoms with Gasteiger partial charge in [0.05, 0.1) is 6.42 Å². The SMILES string of the molecule is C#C.C=C.CC.CC(C)C1=C2C3CCC4C(C)(CCC5C(C)(C)C(OC(=O)CC(C)(C)C=O)CCC54C)C3CCC2(CCNCc2cccc(Cl)c2)CC1=O.CO. The molecule has 4 fully saturated rings. The highest BCUT2D eigenvalue weighted by Crippen LogP contribution is 2.73. The number of rotatable bonds is 10. The Hall–Kier alpha value is -2.72. The number of esters is 1. The molecular weight excluding hydrogens is 730 g/mol. The number of ether oxygens (including phenoxy) is 1. The van der Waals surface area contributed by atoms with Crippen LogP contribution in [0, 0.1) is 69.5 Å². The van der Waals surface area contributed by atoms with Crippen molar-refractivity contribution in [3.8, 4) is 12.8 Å². The van der Waals surface area contributed by atoms with E-state index < -0.39 is 5.41 Å². The number of carbonyl (C=O) groups excluding carboxylic acids is 3. The molecule has 6 rings (SSSR count). The van der Waals surface area contributed by atoms with Gasteiger partial charge in [-0.15, -0.1) is 26.0 Å². The highest BCUT2D eigenvalue weighted by atomic mass is 35.5. The standard InChI is InChI=1S/C43H62ClNO4.C2H6.C2H4.C2H2.CH4O/c1-27(2)37-32(47)23-43(20-21-45-25-28-10-9-11-29(44)22-28)19-14-31-30(38(37)43)12-13-34-41(31,7)17-15-33-40(5,6)35(16-18-42(33,34)8)49-36(48)24-39(3,4)26-46;4*1-2/h9-11,22,26-27,30-31,33-35,45H,12-21,23-25H2,1-8H3;1-2H3;1-2H2;1-2H;2H,1H3. The number of nitrogens with one attached hydrogen (secondary N) is 1. The van der Waals surface area contributed by atoms with E-state index in [1.807, 2.05) is 32.0 Å². The van der Waals surface area contributed by atoms with Crippen LogP contribution in [0.25, 0.3) is 0 Å². The molecule has 320 valence electrons. The minimum absolute atomic E-state index is 0.00811. The average molecular weight is 809 g/mol. The molecule has 0 spiro atoms. The summed E-state index contributed by atoms with van der Waals surface area (Å²) >= 11 is 6.25. The maximum absolute atomic E-state index is 13.9. The molecule has 8 atom stereocenters. The summed E-state index contributed by atoms with van der Waals surface area (Å²) in [5, 5.41) is 11.5. The van der Waals surface area contributed by atoms with Crippen LogP contribution in [0.4, 0.5) is 0 Å². The van der Waals surface area contributed by atoms with Crippen molar-refractivity contribution in [3.63, 3.8) is 0 Å². The number of hydrogen-bond donors (Lipinski definition) is 2. The number of ketones is 1. The first-order valence-electron chi connectivity index (χ1n) is 21.6. The molecule has 0 bridgehead atoms. The number of allylic oxidation sites excluding steroid dienone is 2. The Morgan fingerprint density at radius 2 is 1.63 bits per heavy atom. The quantitative estimate of drug-likeness (QED) is 0.0804. The Kier molecular flexibility index (Phi) is 18.6. The van der Waals surface area contributed by atoms with Crippen molar-refractivity contribution in [2.45, 2.75) is 153 Å². The van der Waals surface area contributed by atoms with E-state index in [-0.39, 0.29) is 46.1 Å². The smallest absolute Gasteiger partial charge is 0.307 e. The summed E-state index contributed by atoms with van der Waals surface area (Å²) in [6.07, 6.45) is 19.6. The van der Waals surface area contributed by atoms with E-state index in [2.05, 4.69) is 78.9 Å². The van der Waals surface area contributed by atoms with E-state index >= 15 is 0 Å². The first kappa shape index (κ1) is 50.4. The summed E-state index contributed by atoms with van der Waals surface area (Å²) in [7, 11) is 1.00. The molecule has 0 aromatic heterocycles. The van der Waals surface area contributed by atoms with E-state index in [9.17, 15) is 14.4 Å². The summed E-state index contributed by atoms with van der Waals surface area (Å²) in [6, 6.07) is 8.08. The maximum atomic E-state index is 13.9. The molecule has 57 heavy (non-hydrogen) atoms. The third-order valence-corrected chi connectivity index (χ3v) is 15.1. The number of fused-ring (bicyclic) bond motifs is 7. The van der Waals surface area contributed by atoms with Crippen LogP contribution in [-0.4, -0.2) is 42.9 Å². The fourth-order valence-corrected chi connectivity index (χ4v) is 13.0. The monoisotopic (exact) mass is 808 g/mol. The summed E-state index contributed by atoms with van der Waals surface area (Å²) in [4.78, 5) is 38.4. The number of halogens is 1. The number of hydrogen-bond acceptors (Lipinski definition) is 6. The number of aliphatic hydroxyl groups is 1. The molecule has 2 N–H and O–H groups in total. The highest BCUT2D eigenvalue weighted by Gasteiger charge is 2.66. The molecule has 6 nitrogen and oxygen atoms in total. The van der Waals surface area contributed by atoms with Crippen molar-refractivity contribution in [1.82, 2.24) is 5.32 Å². The molecule has 5 aliphatic carbocycles. The van der Waals surface area contributed by atoms with Crippen molar-refractivity contribution in [1.29, 1.82) is 0 Å². The van der Waals surface area contributed by atoms with Gasteiger partial charge in [-0.2, -0.15) is 0 Å². The van der Waals surface area contributed by atoms with E-state index in [1.54, 1.807) is 19.4 Å². The van der Waals surface area contributed by atoms with Crippen molar-refractivity contribution >= 4 is 29.6 Å². The lowest BCUT2D eigenvalue weighted by atomic mass is 9.36. The zero-order valence-corrected chi connectivity index (χ0v) is 38.3. The summed E-state index contributed by atoms with van der Waals surface area (Å²) in [6.45, 7) is 29.7. The lowest BCUT2D eigenvalue weighted by Gasteiger charge is -2.69. The Labute approximate surface area is 352 Å². The van der Waals surface area contributed by atoms with Crippen molar-refractivity contribution in [2.75, 3.05) is 13.7 Å². The van der Waals surface area contributed by atoms with Crippen LogP contribution >= 0.6 is 11.6 Å². The molecule has 0 saturated heterocycles. The van der Waals surface area contributed by atoms with Crippen LogP contribution < -0.4 is 5.32 Å². The summed E-state index contributed by atoms with van der Waals surface area (Å²) in [5.41, 5.74) is 3.52. The fraction of sp³-hybridized carbons (Fsp3) is 0.700. The third-order valence-electron chi connectivity index (χ3n) is 14.9. The Morgan fingerprint density at radius 1 is 1.00 bits per heavy atom. The fourth-order valence-electron chi connectivity index (χ4n) is 12.7. The lowest BCUT2D eigenvalue weighted by molar-refractivity contribution is -0.213. The third kappa shape index (κ3) is 10.2. The minimum atomic E-state index is -0.699. The van der Waals surface area contributed by atoms with E-state index in [0.717, 1.165) is 63.6 Å². The Bertz CT molecular complexity index is 1560. The number of benzene rings is 1. The van der Waals surface area contributed by atoms with Crippen LogP contribution in [0.1, 0.15) is 145 Å². The van der Waals surface area contributed by atoms with E-state index in [1.165, 1.54) is 36.8 Å². The zero-order valence-electron chi connectivity index (χ0n) is 37.6. The number of Topliss-reactive ketones (excluding diaryl/α,β-unsaturated/α-hetero) is 1. The van der Waals surface area contributed by atoms with Gasteiger partial charge in [-0.05, 0) is 128 Å². The Morgan fingerprint density at radius 3 is 2.23 bits per heavy atom. The second-order valence-corrected chi connectivity index (χ2v) is 19.5. The van der Waals surface area contributed by atoms with Crippen LogP contribution in [0.2, 0.25) is 5.02 Å². The van der Waals surface area contributed by atoms with Crippen molar-refractivity contribution in [3.05, 3.63) is 59.2 Å². The van der Waals surface area contributed by atoms with Gasteiger partial charge < -0.3 is 20.0 Å². The van der Waals surface area contributed by atoms with Gasteiger partial charge in [-0.1, -0.05) is 98.5 Å². The topological polar surface area (TPSA) is 92.7 Å². The number of terminal acetylenes is 1. The molecule has 4 saturated carbocycles. The zero-order chi connectivity index (χ0) is 43.6. The molecular formula is C50H78ClNO5. The van der Waals surface area contributed by atoms with Gasteiger partial charge >= 0.3 is 5.97 Å². The first-order chi connectivity index (χ1) is 27.0. The van der Waals surface area contributed by atoms with E-state index in [4.69, 9.17) is 21.4 Å². The van der Waals surface area contributed by atoms with Crippen LogP contribution in [0.15, 0.2) is 48.6 Å². The van der Waals surface area contributed by atoms with E-state index in [0.29, 0.717) is 35.9 Å². The summed E-state index contributed by atoms with van der Waals surface area (Å²) in [5.74, 6) is 2.63. The second kappa shape index (κ2) is 21.0. The van der Waals surface area contributed by atoms with Gasteiger partial charge in [-0.25, -0.2) is 0 Å². The van der Waals surface area contributed by atoms with Gasteiger partial charge in [0.2, 0.25) is 0 Å². The van der Waals surface area contributed by atoms with Crippen molar-refractivity contribution < 1.29 is 24.2 Å². The molecule has 7 heteroatoms. The number of carbonyl (C=O) groups is 3. The Balaban J connectivity index is 0.00000132. The predicted molar refractivity (Wildman–Crippen MR) is 238 cm³/mol. The molecule has 0 heterocycles. The predicted octanol–water partition coefficient (Wildman–Crippen LogP) is 11.6. The largest absolute Gasteiger partial charge is 0.462 e. The van der Waals surface area contributed by atoms with Crippen LogP contribution in [-0.2, 0) is 25.7 Å². The lowest BCUT2D eigenvalue weighted by Crippen LogP contribution is -2.63.